The molecule has 0 saturated carbocycles. The van der Waals surface area contributed by atoms with Crippen molar-refractivity contribution in [3.8, 4) is 33.4 Å². The second-order valence-electron chi connectivity index (χ2n) is 10.5. The van der Waals surface area contributed by atoms with Crippen LogP contribution in [-0.4, -0.2) is 0 Å². The van der Waals surface area contributed by atoms with Crippen molar-refractivity contribution < 1.29 is 0 Å². The van der Waals surface area contributed by atoms with Gasteiger partial charge in [0.25, 0.3) is 0 Å². The summed E-state index contributed by atoms with van der Waals surface area (Å²) in [6, 6.07) is 57.5. The molecule has 0 fully saturated rings. The van der Waals surface area contributed by atoms with E-state index in [4.69, 9.17) is 0 Å². The van der Waals surface area contributed by atoms with Gasteiger partial charge in [-0.05, 0) is 88.6 Å². The Morgan fingerprint density at radius 3 is 1.35 bits per heavy atom. The van der Waals surface area contributed by atoms with Gasteiger partial charge in [-0.3, -0.25) is 0 Å². The molecule has 0 aromatic heterocycles. The lowest BCUT2D eigenvalue weighted by Crippen LogP contribution is -1.89. The van der Waals surface area contributed by atoms with Crippen molar-refractivity contribution >= 4 is 43.1 Å². The summed E-state index contributed by atoms with van der Waals surface area (Å²) in [5, 5.41) is 10.4. The number of hydrogen-bond acceptors (Lipinski definition) is 0. The molecule has 40 heavy (non-hydrogen) atoms. The number of rotatable bonds is 3. The topological polar surface area (TPSA) is 0 Å². The van der Waals surface area contributed by atoms with E-state index >= 15 is 0 Å². The monoisotopic (exact) mass is 506 g/mol. The Morgan fingerprint density at radius 2 is 0.675 bits per heavy atom. The summed E-state index contributed by atoms with van der Waals surface area (Å²) in [4.78, 5) is 0. The average molecular weight is 507 g/mol. The molecule has 0 radical (unpaired) electrons. The molecule has 8 rings (SSSR count). The molecule has 0 amide bonds. The Labute approximate surface area is 233 Å². The molecule has 8 aromatic rings. The van der Waals surface area contributed by atoms with Gasteiger partial charge in [-0.25, -0.2) is 0 Å². The maximum Gasteiger partial charge on any atom is -0.00199 e. The molecule has 0 N–H and O–H groups in total. The van der Waals surface area contributed by atoms with E-state index in [1.165, 1.54) is 76.5 Å². The molecule has 0 spiro atoms. The minimum absolute atomic E-state index is 1.24. The molecule has 0 bridgehead atoms. The third kappa shape index (κ3) is 3.61. The highest BCUT2D eigenvalue weighted by molar-refractivity contribution is 6.33. The van der Waals surface area contributed by atoms with Gasteiger partial charge < -0.3 is 0 Å². The second kappa shape index (κ2) is 9.22. The SMILES string of the molecule is c1ccc(-c2ccc(-c3cc4c5ccccc5c5cc(-c6ccccc6)ccc5c4c4ccccc34)cc2)cc1. The second-order valence-corrected chi connectivity index (χ2v) is 10.5. The molecule has 0 aliphatic rings. The Morgan fingerprint density at radius 1 is 0.225 bits per heavy atom. The molecule has 8 aromatic carbocycles. The summed E-state index contributed by atoms with van der Waals surface area (Å²) in [6.45, 7) is 0. The van der Waals surface area contributed by atoms with Crippen molar-refractivity contribution in [1.82, 2.24) is 0 Å². The van der Waals surface area contributed by atoms with Gasteiger partial charge in [0.05, 0.1) is 0 Å². The molecule has 0 aliphatic carbocycles. The van der Waals surface area contributed by atoms with Gasteiger partial charge in [-0.2, -0.15) is 0 Å². The van der Waals surface area contributed by atoms with Gasteiger partial charge in [0, 0.05) is 0 Å². The molecule has 0 heterocycles. The van der Waals surface area contributed by atoms with Gasteiger partial charge in [-0.1, -0.05) is 146 Å². The summed E-state index contributed by atoms with van der Waals surface area (Å²) in [7, 11) is 0. The van der Waals surface area contributed by atoms with E-state index in [1.54, 1.807) is 0 Å². The van der Waals surface area contributed by atoms with Crippen molar-refractivity contribution in [2.75, 3.05) is 0 Å². The van der Waals surface area contributed by atoms with Gasteiger partial charge in [0.15, 0.2) is 0 Å². The standard InChI is InChI=1S/C40H26/c1-3-11-27(12-4-1)29-19-21-30(22-20-29)37-26-39-33-16-8-7-15-32(33)38-25-31(28-13-5-2-6-14-28)23-24-36(38)40(39)35-18-10-9-17-34(35)37/h1-26H. The number of benzene rings is 8. The highest BCUT2D eigenvalue weighted by atomic mass is 14.2. The first-order valence-electron chi connectivity index (χ1n) is 13.9. The van der Waals surface area contributed by atoms with Crippen LogP contribution < -0.4 is 0 Å². The number of hydrogen-bond donors (Lipinski definition) is 0. The molecule has 0 heteroatoms. The van der Waals surface area contributed by atoms with Gasteiger partial charge in [0.1, 0.15) is 0 Å². The first-order chi connectivity index (χ1) is 19.8. The fourth-order valence-corrected chi connectivity index (χ4v) is 6.34. The third-order valence-electron chi connectivity index (χ3n) is 8.25. The highest BCUT2D eigenvalue weighted by Crippen LogP contribution is 2.43. The largest absolute Gasteiger partial charge is 0.0622 e. The molecule has 0 unspecified atom stereocenters. The Balaban J connectivity index is 1.43. The predicted molar refractivity (Wildman–Crippen MR) is 173 cm³/mol. The van der Waals surface area contributed by atoms with Gasteiger partial charge in [-0.15, -0.1) is 0 Å². The molecular formula is C40H26. The summed E-state index contributed by atoms with van der Waals surface area (Å²) in [5.41, 5.74) is 7.48. The van der Waals surface area contributed by atoms with Crippen LogP contribution in [0.25, 0.3) is 76.5 Å². The highest BCUT2D eigenvalue weighted by Gasteiger charge is 2.15. The fourth-order valence-electron chi connectivity index (χ4n) is 6.34. The van der Waals surface area contributed by atoms with Crippen LogP contribution in [0, 0.1) is 0 Å². The van der Waals surface area contributed by atoms with Crippen molar-refractivity contribution in [3.05, 3.63) is 158 Å². The van der Waals surface area contributed by atoms with E-state index < -0.39 is 0 Å². The van der Waals surface area contributed by atoms with Crippen molar-refractivity contribution in [1.29, 1.82) is 0 Å². The van der Waals surface area contributed by atoms with Crippen LogP contribution in [0.2, 0.25) is 0 Å². The van der Waals surface area contributed by atoms with E-state index in [2.05, 4.69) is 158 Å². The van der Waals surface area contributed by atoms with Gasteiger partial charge >= 0.3 is 0 Å². The third-order valence-corrected chi connectivity index (χ3v) is 8.25. The Kier molecular flexibility index (Phi) is 5.24. The zero-order valence-electron chi connectivity index (χ0n) is 22.0. The van der Waals surface area contributed by atoms with Gasteiger partial charge in [0.2, 0.25) is 0 Å². The summed E-state index contributed by atoms with van der Waals surface area (Å²) < 4.78 is 0. The normalized spacial score (nSPS) is 11.5. The van der Waals surface area contributed by atoms with Crippen molar-refractivity contribution in [2.45, 2.75) is 0 Å². The zero-order chi connectivity index (χ0) is 26.5. The van der Waals surface area contributed by atoms with Crippen LogP contribution >= 0.6 is 0 Å². The number of fused-ring (bicyclic) bond motifs is 8. The lowest BCUT2D eigenvalue weighted by Gasteiger charge is -2.17. The van der Waals surface area contributed by atoms with Crippen LogP contribution in [0.5, 0.6) is 0 Å². The smallest absolute Gasteiger partial charge is 0.00199 e. The van der Waals surface area contributed by atoms with Crippen LogP contribution in [0.4, 0.5) is 0 Å². The minimum Gasteiger partial charge on any atom is -0.0622 e. The first kappa shape index (κ1) is 22.8. The van der Waals surface area contributed by atoms with Crippen LogP contribution in [-0.2, 0) is 0 Å². The zero-order valence-corrected chi connectivity index (χ0v) is 22.0. The molecule has 186 valence electrons. The fraction of sp³-hybridized carbons (Fsp3) is 0. The van der Waals surface area contributed by atoms with E-state index in [0.717, 1.165) is 0 Å². The quantitative estimate of drug-likeness (QED) is 0.209. The summed E-state index contributed by atoms with van der Waals surface area (Å²) in [5.74, 6) is 0. The van der Waals surface area contributed by atoms with E-state index in [-0.39, 0.29) is 0 Å². The molecule has 0 aliphatic heterocycles. The molecule has 0 nitrogen and oxygen atoms in total. The molecular weight excluding hydrogens is 480 g/mol. The summed E-state index contributed by atoms with van der Waals surface area (Å²) in [6.07, 6.45) is 0. The van der Waals surface area contributed by atoms with Crippen LogP contribution in [0.3, 0.4) is 0 Å². The Bertz CT molecular complexity index is 2170. The van der Waals surface area contributed by atoms with E-state index in [9.17, 15) is 0 Å². The van der Waals surface area contributed by atoms with Crippen LogP contribution in [0.15, 0.2) is 158 Å². The maximum atomic E-state index is 2.42. The van der Waals surface area contributed by atoms with Crippen molar-refractivity contribution in [3.63, 3.8) is 0 Å². The Hall–Kier alpha value is -5.20. The molecule has 0 atom stereocenters. The van der Waals surface area contributed by atoms with Crippen LogP contribution in [0.1, 0.15) is 0 Å². The lowest BCUT2D eigenvalue weighted by atomic mass is 9.86. The lowest BCUT2D eigenvalue weighted by molar-refractivity contribution is 1.61. The predicted octanol–water partition coefficient (Wildman–Crippen LogP) is 11.3. The maximum absolute atomic E-state index is 2.42. The first-order valence-corrected chi connectivity index (χ1v) is 13.9. The molecule has 0 saturated heterocycles. The average Bonchev–Trinajstić information content (AvgIpc) is 3.05. The minimum atomic E-state index is 1.24. The van der Waals surface area contributed by atoms with E-state index in [0.29, 0.717) is 0 Å². The van der Waals surface area contributed by atoms with Crippen molar-refractivity contribution in [2.24, 2.45) is 0 Å². The van der Waals surface area contributed by atoms with E-state index in [1.807, 2.05) is 0 Å². The summed E-state index contributed by atoms with van der Waals surface area (Å²) >= 11 is 0.